The van der Waals surface area contributed by atoms with Crippen LogP contribution in [0.25, 0.3) is 0 Å². The van der Waals surface area contributed by atoms with E-state index in [1.54, 1.807) is 17.0 Å². The Balaban J connectivity index is 1.51. The van der Waals surface area contributed by atoms with Gasteiger partial charge in [0, 0.05) is 31.9 Å². The number of carbonyl (C=O) groups is 2. The largest absolute Gasteiger partial charge is 0.444 e. The van der Waals surface area contributed by atoms with Gasteiger partial charge in [0.2, 0.25) is 5.91 Å². The maximum Gasteiger partial charge on any atom is 0.289 e. The quantitative estimate of drug-likeness (QED) is 0.848. The minimum Gasteiger partial charge on any atom is -0.444 e. The molecule has 1 aromatic carbocycles. The van der Waals surface area contributed by atoms with Crippen LogP contribution in [-0.2, 0) is 4.79 Å². The number of nitrogens with one attached hydrogen (secondary N) is 1. The van der Waals surface area contributed by atoms with Gasteiger partial charge in [0.05, 0.1) is 6.54 Å². The maximum absolute atomic E-state index is 12.4. The van der Waals surface area contributed by atoms with Crippen LogP contribution in [0.5, 0.6) is 0 Å². The molecule has 1 aliphatic heterocycles. The number of amides is 2. The lowest BCUT2D eigenvalue weighted by Crippen LogP contribution is -2.37. The highest BCUT2D eigenvalue weighted by atomic mass is 79.9. The number of nitrogens with zero attached hydrogens (tertiary/aromatic N) is 2. The predicted molar refractivity (Wildman–Crippen MR) is 98.4 cm³/mol. The molecular weight excluding hydrogens is 386 g/mol. The molecule has 2 amide bonds. The van der Waals surface area contributed by atoms with E-state index in [1.165, 1.54) is 0 Å². The van der Waals surface area contributed by atoms with Gasteiger partial charge in [-0.1, -0.05) is 18.2 Å². The van der Waals surface area contributed by atoms with E-state index >= 15 is 0 Å². The standard InChI is InChI=1S/C18H20BrN3O3/c19-16-8-7-15(25-16)18(24)22-10-4-9-21(11-12-22)13-17(23)20-14-5-2-1-3-6-14/h1-3,5-8H,4,9-13H2,(H,20,23). The molecule has 1 N–H and O–H groups in total. The molecule has 0 unspecified atom stereocenters. The van der Waals surface area contributed by atoms with E-state index in [0.29, 0.717) is 36.6 Å². The molecule has 1 aliphatic rings. The zero-order valence-corrected chi connectivity index (χ0v) is 15.4. The Labute approximate surface area is 154 Å². The molecular formula is C18H20BrN3O3. The normalized spacial score (nSPS) is 15.6. The second-order valence-corrected chi connectivity index (χ2v) is 6.72. The van der Waals surface area contributed by atoms with Gasteiger partial charge in [0.25, 0.3) is 5.91 Å². The Morgan fingerprint density at radius 1 is 1.04 bits per heavy atom. The summed E-state index contributed by atoms with van der Waals surface area (Å²) < 4.78 is 5.89. The van der Waals surface area contributed by atoms with Crippen LogP contribution in [0.4, 0.5) is 5.69 Å². The van der Waals surface area contributed by atoms with Crippen molar-refractivity contribution in [2.24, 2.45) is 0 Å². The number of carbonyl (C=O) groups excluding carboxylic acids is 2. The van der Waals surface area contributed by atoms with Crippen LogP contribution in [0.1, 0.15) is 17.0 Å². The summed E-state index contributed by atoms with van der Waals surface area (Å²) >= 11 is 3.21. The van der Waals surface area contributed by atoms with Gasteiger partial charge in [-0.15, -0.1) is 0 Å². The van der Waals surface area contributed by atoms with Gasteiger partial charge in [-0.3, -0.25) is 14.5 Å². The first-order valence-corrected chi connectivity index (χ1v) is 9.03. The van der Waals surface area contributed by atoms with E-state index in [1.807, 2.05) is 30.3 Å². The van der Waals surface area contributed by atoms with Crippen molar-refractivity contribution in [3.8, 4) is 0 Å². The molecule has 1 fully saturated rings. The van der Waals surface area contributed by atoms with Crippen molar-refractivity contribution in [2.45, 2.75) is 6.42 Å². The molecule has 0 saturated carbocycles. The fourth-order valence-corrected chi connectivity index (χ4v) is 3.15. The molecule has 2 aromatic rings. The molecule has 0 aliphatic carbocycles. The number of para-hydroxylation sites is 1. The van der Waals surface area contributed by atoms with Crippen molar-refractivity contribution in [1.29, 1.82) is 0 Å². The molecule has 1 saturated heterocycles. The number of rotatable bonds is 4. The Morgan fingerprint density at radius 3 is 2.56 bits per heavy atom. The van der Waals surface area contributed by atoms with E-state index in [2.05, 4.69) is 26.1 Å². The Bertz CT molecular complexity index is 732. The highest BCUT2D eigenvalue weighted by Crippen LogP contribution is 2.17. The zero-order valence-electron chi connectivity index (χ0n) is 13.8. The summed E-state index contributed by atoms with van der Waals surface area (Å²) in [5.41, 5.74) is 0.794. The molecule has 3 rings (SSSR count). The number of benzene rings is 1. The summed E-state index contributed by atoms with van der Waals surface area (Å²) in [7, 11) is 0. The summed E-state index contributed by atoms with van der Waals surface area (Å²) in [5, 5.41) is 2.89. The molecule has 2 heterocycles. The van der Waals surface area contributed by atoms with Crippen LogP contribution < -0.4 is 5.32 Å². The van der Waals surface area contributed by atoms with E-state index in [-0.39, 0.29) is 11.8 Å². The third kappa shape index (κ3) is 4.93. The topological polar surface area (TPSA) is 65.8 Å². The molecule has 1 aromatic heterocycles. The van der Waals surface area contributed by atoms with Gasteiger partial charge in [-0.05, 0) is 46.6 Å². The molecule has 0 atom stereocenters. The highest BCUT2D eigenvalue weighted by Gasteiger charge is 2.23. The van der Waals surface area contributed by atoms with Gasteiger partial charge in [0.15, 0.2) is 10.4 Å². The Hall–Kier alpha value is -2.12. The van der Waals surface area contributed by atoms with Crippen molar-refractivity contribution < 1.29 is 14.0 Å². The second-order valence-electron chi connectivity index (χ2n) is 5.94. The van der Waals surface area contributed by atoms with Gasteiger partial charge in [-0.2, -0.15) is 0 Å². The van der Waals surface area contributed by atoms with Crippen LogP contribution in [0.3, 0.4) is 0 Å². The fourth-order valence-electron chi connectivity index (χ4n) is 2.84. The summed E-state index contributed by atoms with van der Waals surface area (Å²) in [5.74, 6) is 0.185. The number of anilines is 1. The van der Waals surface area contributed by atoms with Crippen LogP contribution >= 0.6 is 15.9 Å². The van der Waals surface area contributed by atoms with Gasteiger partial charge < -0.3 is 14.6 Å². The minimum atomic E-state index is -0.110. The fraction of sp³-hybridized carbons (Fsp3) is 0.333. The van der Waals surface area contributed by atoms with E-state index in [4.69, 9.17) is 4.42 Å². The lowest BCUT2D eigenvalue weighted by atomic mass is 10.3. The van der Waals surface area contributed by atoms with Crippen molar-refractivity contribution >= 4 is 33.4 Å². The predicted octanol–water partition coefficient (Wildman–Crippen LogP) is 2.83. The van der Waals surface area contributed by atoms with Crippen LogP contribution in [-0.4, -0.2) is 54.3 Å². The number of halogens is 1. The zero-order chi connectivity index (χ0) is 17.6. The van der Waals surface area contributed by atoms with Crippen molar-refractivity contribution in [2.75, 3.05) is 38.0 Å². The Morgan fingerprint density at radius 2 is 1.84 bits per heavy atom. The molecule has 7 heteroatoms. The summed E-state index contributed by atoms with van der Waals surface area (Å²) in [6.07, 6.45) is 0.826. The average molecular weight is 406 g/mol. The van der Waals surface area contributed by atoms with Gasteiger partial charge in [0.1, 0.15) is 0 Å². The van der Waals surface area contributed by atoms with Crippen LogP contribution in [0.2, 0.25) is 0 Å². The molecule has 0 radical (unpaired) electrons. The molecule has 132 valence electrons. The number of furan rings is 1. The van der Waals surface area contributed by atoms with Gasteiger partial charge >= 0.3 is 0 Å². The van der Waals surface area contributed by atoms with Crippen molar-refractivity contribution in [3.63, 3.8) is 0 Å². The average Bonchev–Trinajstić information content (AvgIpc) is 2.90. The van der Waals surface area contributed by atoms with E-state index < -0.39 is 0 Å². The SMILES string of the molecule is O=C(CN1CCCN(C(=O)c2ccc(Br)o2)CC1)Nc1ccccc1. The van der Waals surface area contributed by atoms with Crippen LogP contribution in [0.15, 0.2) is 51.6 Å². The Kier molecular flexibility index (Phi) is 5.88. The van der Waals surface area contributed by atoms with E-state index in [9.17, 15) is 9.59 Å². The lowest BCUT2D eigenvalue weighted by molar-refractivity contribution is -0.117. The van der Waals surface area contributed by atoms with E-state index in [0.717, 1.165) is 18.7 Å². The second kappa shape index (κ2) is 8.31. The molecule has 6 nitrogen and oxygen atoms in total. The third-order valence-corrected chi connectivity index (χ3v) is 4.51. The maximum atomic E-state index is 12.4. The molecule has 25 heavy (non-hydrogen) atoms. The monoisotopic (exact) mass is 405 g/mol. The molecule has 0 bridgehead atoms. The number of hydrogen-bond donors (Lipinski definition) is 1. The first-order valence-electron chi connectivity index (χ1n) is 8.24. The first-order chi connectivity index (χ1) is 12.1. The minimum absolute atomic E-state index is 0.0408. The van der Waals surface area contributed by atoms with Crippen LogP contribution in [0, 0.1) is 0 Å². The van der Waals surface area contributed by atoms with Gasteiger partial charge in [-0.25, -0.2) is 0 Å². The van der Waals surface area contributed by atoms with Crippen molar-refractivity contribution in [3.05, 3.63) is 52.9 Å². The lowest BCUT2D eigenvalue weighted by Gasteiger charge is -2.21. The third-order valence-electron chi connectivity index (χ3n) is 4.08. The smallest absolute Gasteiger partial charge is 0.289 e. The molecule has 0 spiro atoms. The summed E-state index contributed by atoms with van der Waals surface area (Å²) in [6, 6.07) is 12.8. The van der Waals surface area contributed by atoms with Crippen molar-refractivity contribution in [1.82, 2.24) is 9.80 Å². The summed E-state index contributed by atoms with van der Waals surface area (Å²) in [6.45, 7) is 3.01. The highest BCUT2D eigenvalue weighted by molar-refractivity contribution is 9.10. The first kappa shape index (κ1) is 17.7. The number of hydrogen-bond acceptors (Lipinski definition) is 4. The summed E-state index contributed by atoms with van der Waals surface area (Å²) in [4.78, 5) is 28.5.